The number of Topliss-reactive ketones (excluding diaryl/α,β-unsaturated/α-hetero) is 1. The van der Waals surface area contributed by atoms with E-state index in [9.17, 15) is 9.59 Å². The van der Waals surface area contributed by atoms with Gasteiger partial charge in [0, 0.05) is 12.1 Å². The molecule has 0 saturated heterocycles. The summed E-state index contributed by atoms with van der Waals surface area (Å²) < 4.78 is 6.74. The minimum absolute atomic E-state index is 0.0114. The maximum atomic E-state index is 12.7. The Hall–Kier alpha value is -2.60. The van der Waals surface area contributed by atoms with E-state index in [1.165, 1.54) is 11.8 Å². The number of rotatable bonds is 6. The van der Waals surface area contributed by atoms with E-state index in [1.54, 1.807) is 42.0 Å². The number of ketones is 1. The Labute approximate surface area is 156 Å². The number of thioether (sulfide) groups is 1. The zero-order valence-electron chi connectivity index (χ0n) is 14.9. The third-order valence-corrected chi connectivity index (χ3v) is 5.26. The van der Waals surface area contributed by atoms with Gasteiger partial charge in [-0.3, -0.25) is 14.2 Å². The van der Waals surface area contributed by atoms with Gasteiger partial charge in [0.05, 0.1) is 23.3 Å². The summed E-state index contributed by atoms with van der Waals surface area (Å²) in [7, 11) is 1.59. The molecule has 0 N–H and O–H groups in total. The van der Waals surface area contributed by atoms with Crippen LogP contribution in [0.2, 0.25) is 0 Å². The summed E-state index contributed by atoms with van der Waals surface area (Å²) in [5.74, 6) is 0.695. The minimum Gasteiger partial charge on any atom is -0.497 e. The monoisotopic (exact) mass is 368 g/mol. The topological polar surface area (TPSA) is 61.2 Å². The van der Waals surface area contributed by atoms with Gasteiger partial charge in [0.25, 0.3) is 5.56 Å². The van der Waals surface area contributed by atoms with Gasteiger partial charge in [0.2, 0.25) is 0 Å². The summed E-state index contributed by atoms with van der Waals surface area (Å²) >= 11 is 1.31. The van der Waals surface area contributed by atoms with Crippen molar-refractivity contribution in [3.63, 3.8) is 0 Å². The molecule has 0 aliphatic rings. The van der Waals surface area contributed by atoms with Crippen molar-refractivity contribution in [1.82, 2.24) is 9.55 Å². The maximum Gasteiger partial charge on any atom is 0.262 e. The van der Waals surface area contributed by atoms with Gasteiger partial charge < -0.3 is 4.74 Å². The largest absolute Gasteiger partial charge is 0.497 e. The summed E-state index contributed by atoms with van der Waals surface area (Å²) in [5, 5.41) is 0.785. The number of carbonyl (C=O) groups is 1. The molecule has 0 spiro atoms. The van der Waals surface area contributed by atoms with Crippen molar-refractivity contribution in [2.75, 3.05) is 7.11 Å². The number of hydrogen-bond donors (Lipinski definition) is 0. The molecule has 1 aromatic heterocycles. The molecule has 3 rings (SSSR count). The van der Waals surface area contributed by atoms with Crippen LogP contribution in [0, 0.1) is 0 Å². The fourth-order valence-electron chi connectivity index (χ4n) is 2.72. The van der Waals surface area contributed by atoms with E-state index in [2.05, 4.69) is 4.98 Å². The highest BCUT2D eigenvalue weighted by atomic mass is 32.2. The molecule has 26 heavy (non-hydrogen) atoms. The fourth-order valence-corrected chi connectivity index (χ4v) is 3.77. The predicted molar refractivity (Wildman–Crippen MR) is 104 cm³/mol. The average Bonchev–Trinajstić information content (AvgIpc) is 2.68. The average molecular weight is 368 g/mol. The van der Waals surface area contributed by atoms with E-state index in [1.807, 2.05) is 32.0 Å². The predicted octanol–water partition coefficient (Wildman–Crippen LogP) is 3.79. The van der Waals surface area contributed by atoms with Crippen LogP contribution in [0.15, 0.2) is 58.5 Å². The molecule has 5 nitrogen and oxygen atoms in total. The molecule has 0 saturated carbocycles. The number of benzene rings is 2. The zero-order chi connectivity index (χ0) is 18.7. The number of hydrogen-bond acceptors (Lipinski definition) is 5. The Bertz CT molecular complexity index is 996. The molecule has 0 bridgehead atoms. The van der Waals surface area contributed by atoms with Crippen molar-refractivity contribution in [2.45, 2.75) is 30.8 Å². The van der Waals surface area contributed by atoms with Crippen LogP contribution in [0.1, 0.15) is 24.2 Å². The molecule has 0 aliphatic heterocycles. The first-order valence-corrected chi connectivity index (χ1v) is 9.27. The smallest absolute Gasteiger partial charge is 0.262 e. The second kappa shape index (κ2) is 7.74. The van der Waals surface area contributed by atoms with Gasteiger partial charge in [-0.2, -0.15) is 0 Å². The van der Waals surface area contributed by atoms with Gasteiger partial charge in [-0.1, -0.05) is 23.9 Å². The van der Waals surface area contributed by atoms with Gasteiger partial charge in [-0.25, -0.2) is 4.98 Å². The fraction of sp³-hybridized carbons (Fsp3) is 0.250. The first-order valence-electron chi connectivity index (χ1n) is 8.39. The van der Waals surface area contributed by atoms with E-state index in [4.69, 9.17) is 4.74 Å². The van der Waals surface area contributed by atoms with Crippen LogP contribution in [0.3, 0.4) is 0 Å². The van der Waals surface area contributed by atoms with Crippen LogP contribution in [0.5, 0.6) is 5.75 Å². The van der Waals surface area contributed by atoms with Crippen LogP contribution >= 0.6 is 11.8 Å². The molecule has 6 heteroatoms. The van der Waals surface area contributed by atoms with Gasteiger partial charge in [-0.05, 0) is 50.2 Å². The first-order chi connectivity index (χ1) is 12.5. The van der Waals surface area contributed by atoms with Crippen molar-refractivity contribution >= 4 is 28.4 Å². The van der Waals surface area contributed by atoms with E-state index in [-0.39, 0.29) is 16.6 Å². The number of para-hydroxylation sites is 1. The number of carbonyl (C=O) groups excluding carboxylic acids is 1. The van der Waals surface area contributed by atoms with E-state index >= 15 is 0 Å². The van der Waals surface area contributed by atoms with Crippen LogP contribution in [-0.4, -0.2) is 27.7 Å². The number of methoxy groups -OCH3 is 1. The molecule has 0 fully saturated rings. The lowest BCUT2D eigenvalue weighted by Crippen LogP contribution is -2.24. The molecular weight excluding hydrogens is 348 g/mol. The molecule has 1 heterocycles. The van der Waals surface area contributed by atoms with Crippen molar-refractivity contribution < 1.29 is 9.53 Å². The molecule has 1 atom stereocenters. The molecule has 0 radical (unpaired) electrons. The molecule has 3 aromatic rings. The normalized spacial score (nSPS) is 12.1. The standard InChI is InChI=1S/C20H20N2O3S/c1-4-22-19(24)16-7-5-6-8-17(16)21-20(22)26-13(2)18(23)14-9-11-15(25-3)12-10-14/h5-13H,4H2,1-3H3/t13-/m0/s1. The van der Waals surface area contributed by atoms with Gasteiger partial charge in [-0.15, -0.1) is 0 Å². The van der Waals surface area contributed by atoms with Crippen LogP contribution in [-0.2, 0) is 6.54 Å². The second-order valence-corrected chi connectivity index (χ2v) is 7.12. The maximum absolute atomic E-state index is 12.7. The summed E-state index contributed by atoms with van der Waals surface area (Å²) in [6.45, 7) is 4.24. The SMILES string of the molecule is CCn1c(S[C@@H](C)C(=O)c2ccc(OC)cc2)nc2ccccc2c1=O. The first kappa shape index (κ1) is 18.2. The lowest BCUT2D eigenvalue weighted by atomic mass is 10.1. The summed E-state index contributed by atoms with van der Waals surface area (Å²) in [4.78, 5) is 30.0. The Kier molecular flexibility index (Phi) is 5.42. The third-order valence-electron chi connectivity index (χ3n) is 4.17. The summed E-state index contributed by atoms with van der Waals surface area (Å²) in [5.41, 5.74) is 1.18. The van der Waals surface area contributed by atoms with Crippen LogP contribution < -0.4 is 10.3 Å². The minimum atomic E-state index is -0.366. The quantitative estimate of drug-likeness (QED) is 0.376. The molecular formula is C20H20N2O3S. The highest BCUT2D eigenvalue weighted by Gasteiger charge is 2.20. The van der Waals surface area contributed by atoms with Crippen molar-refractivity contribution in [3.05, 3.63) is 64.4 Å². The second-order valence-electron chi connectivity index (χ2n) is 5.81. The van der Waals surface area contributed by atoms with Crippen molar-refractivity contribution in [1.29, 1.82) is 0 Å². The molecule has 0 aliphatic carbocycles. The van der Waals surface area contributed by atoms with Crippen molar-refractivity contribution in [2.24, 2.45) is 0 Å². The van der Waals surface area contributed by atoms with Gasteiger partial charge in [0.1, 0.15) is 5.75 Å². The number of nitrogens with zero attached hydrogens (tertiary/aromatic N) is 2. The lowest BCUT2D eigenvalue weighted by molar-refractivity contribution is 0.0994. The van der Waals surface area contributed by atoms with Crippen LogP contribution in [0.25, 0.3) is 10.9 Å². The van der Waals surface area contributed by atoms with E-state index < -0.39 is 0 Å². The van der Waals surface area contributed by atoms with Gasteiger partial charge in [0.15, 0.2) is 10.9 Å². The Balaban J connectivity index is 1.91. The number of ether oxygens (including phenoxy) is 1. The summed E-state index contributed by atoms with van der Waals surface area (Å²) in [6.07, 6.45) is 0. The Morgan fingerprint density at radius 2 is 1.88 bits per heavy atom. The highest BCUT2D eigenvalue weighted by Crippen LogP contribution is 2.25. The number of aromatic nitrogens is 2. The Morgan fingerprint density at radius 1 is 1.19 bits per heavy atom. The highest BCUT2D eigenvalue weighted by molar-refractivity contribution is 8.00. The lowest BCUT2D eigenvalue weighted by Gasteiger charge is -2.15. The Morgan fingerprint density at radius 3 is 2.54 bits per heavy atom. The van der Waals surface area contributed by atoms with Gasteiger partial charge >= 0.3 is 0 Å². The van der Waals surface area contributed by atoms with Crippen LogP contribution in [0.4, 0.5) is 0 Å². The van der Waals surface area contributed by atoms with E-state index in [0.717, 1.165) is 0 Å². The zero-order valence-corrected chi connectivity index (χ0v) is 15.7. The summed E-state index contributed by atoms with van der Waals surface area (Å²) in [6, 6.07) is 14.3. The third kappa shape index (κ3) is 3.51. The molecule has 0 unspecified atom stereocenters. The number of fused-ring (bicyclic) bond motifs is 1. The van der Waals surface area contributed by atoms with E-state index in [0.29, 0.717) is 33.9 Å². The molecule has 0 amide bonds. The van der Waals surface area contributed by atoms with Crippen molar-refractivity contribution in [3.8, 4) is 5.75 Å². The molecule has 134 valence electrons. The molecule has 2 aromatic carbocycles.